The van der Waals surface area contributed by atoms with Crippen LogP contribution in [0.25, 0.3) is 22.1 Å². The average Bonchev–Trinajstić information content (AvgIpc) is 2.92. The second-order valence-corrected chi connectivity index (χ2v) is 5.14. The van der Waals surface area contributed by atoms with Crippen molar-refractivity contribution in [1.82, 2.24) is 0 Å². The molecule has 0 atom stereocenters. The van der Waals surface area contributed by atoms with E-state index in [4.69, 9.17) is 8.83 Å². The molecule has 0 saturated heterocycles. The SMILES string of the molecule is COC(=O)c1cc(-c2coc3c(C)c(O)ccc3c2=O)c(C)o1. The van der Waals surface area contributed by atoms with E-state index in [0.29, 0.717) is 27.9 Å². The Bertz CT molecular complexity index is 977. The fourth-order valence-corrected chi connectivity index (χ4v) is 2.46. The van der Waals surface area contributed by atoms with E-state index >= 15 is 0 Å². The molecule has 0 fully saturated rings. The van der Waals surface area contributed by atoms with Crippen LogP contribution in [-0.2, 0) is 4.74 Å². The lowest BCUT2D eigenvalue weighted by atomic mass is 10.0. The van der Waals surface area contributed by atoms with Crippen molar-refractivity contribution >= 4 is 16.9 Å². The van der Waals surface area contributed by atoms with Gasteiger partial charge in [-0.15, -0.1) is 0 Å². The number of esters is 1. The lowest BCUT2D eigenvalue weighted by Gasteiger charge is -2.05. The highest BCUT2D eigenvalue weighted by Crippen LogP contribution is 2.29. The average molecular weight is 314 g/mol. The Labute approximate surface area is 130 Å². The van der Waals surface area contributed by atoms with Crippen molar-refractivity contribution in [2.45, 2.75) is 13.8 Å². The molecule has 0 unspecified atom stereocenters. The van der Waals surface area contributed by atoms with Gasteiger partial charge in [-0.25, -0.2) is 4.79 Å². The number of hydrogen-bond donors (Lipinski definition) is 1. The predicted molar refractivity (Wildman–Crippen MR) is 82.7 cm³/mol. The molecule has 23 heavy (non-hydrogen) atoms. The first-order valence-electron chi connectivity index (χ1n) is 6.87. The normalized spacial score (nSPS) is 10.9. The third-order valence-electron chi connectivity index (χ3n) is 3.76. The summed E-state index contributed by atoms with van der Waals surface area (Å²) in [6.07, 6.45) is 1.30. The van der Waals surface area contributed by atoms with Gasteiger partial charge in [-0.2, -0.15) is 0 Å². The van der Waals surface area contributed by atoms with Crippen molar-refractivity contribution in [2.75, 3.05) is 7.11 Å². The number of carbonyl (C=O) groups excluding carboxylic acids is 1. The highest BCUT2D eigenvalue weighted by atomic mass is 16.5. The summed E-state index contributed by atoms with van der Waals surface area (Å²) in [4.78, 5) is 24.2. The second-order valence-electron chi connectivity index (χ2n) is 5.14. The number of phenols is 1. The lowest BCUT2D eigenvalue weighted by Crippen LogP contribution is -2.05. The number of furan rings is 1. The number of rotatable bonds is 2. The van der Waals surface area contributed by atoms with Crippen LogP contribution in [-0.4, -0.2) is 18.2 Å². The van der Waals surface area contributed by atoms with Crippen LogP contribution in [0.3, 0.4) is 0 Å². The van der Waals surface area contributed by atoms with Gasteiger partial charge in [0.25, 0.3) is 0 Å². The van der Waals surface area contributed by atoms with Gasteiger partial charge in [0.15, 0.2) is 0 Å². The minimum Gasteiger partial charge on any atom is -0.508 e. The molecule has 0 radical (unpaired) electrons. The molecule has 0 spiro atoms. The van der Waals surface area contributed by atoms with Crippen LogP contribution < -0.4 is 5.43 Å². The van der Waals surface area contributed by atoms with E-state index in [1.807, 2.05) is 0 Å². The molecule has 6 heteroatoms. The van der Waals surface area contributed by atoms with E-state index < -0.39 is 5.97 Å². The summed E-state index contributed by atoms with van der Waals surface area (Å²) in [5, 5.41) is 10.0. The van der Waals surface area contributed by atoms with Crippen LogP contribution in [0.15, 0.2) is 38.1 Å². The van der Waals surface area contributed by atoms with Gasteiger partial charge >= 0.3 is 5.97 Å². The van der Waals surface area contributed by atoms with Crippen molar-refractivity contribution in [1.29, 1.82) is 0 Å². The van der Waals surface area contributed by atoms with Crippen molar-refractivity contribution in [3.8, 4) is 16.9 Å². The first kappa shape index (κ1) is 14.9. The molecule has 0 aliphatic carbocycles. The highest BCUT2D eigenvalue weighted by molar-refractivity contribution is 5.90. The molecule has 1 N–H and O–H groups in total. The van der Waals surface area contributed by atoms with E-state index in [-0.39, 0.29) is 22.5 Å². The van der Waals surface area contributed by atoms with Gasteiger partial charge in [-0.1, -0.05) is 0 Å². The molecule has 2 heterocycles. The van der Waals surface area contributed by atoms with E-state index in [0.717, 1.165) is 0 Å². The second kappa shape index (κ2) is 5.31. The molecule has 1 aromatic carbocycles. The van der Waals surface area contributed by atoms with Gasteiger partial charge in [-0.05, 0) is 32.0 Å². The van der Waals surface area contributed by atoms with Crippen LogP contribution in [0.5, 0.6) is 5.75 Å². The zero-order chi connectivity index (χ0) is 16.7. The topological polar surface area (TPSA) is 89.9 Å². The van der Waals surface area contributed by atoms with E-state index in [1.54, 1.807) is 13.8 Å². The van der Waals surface area contributed by atoms with Crippen LogP contribution in [0.4, 0.5) is 0 Å². The van der Waals surface area contributed by atoms with Gasteiger partial charge in [-0.3, -0.25) is 4.79 Å². The molecule has 0 saturated carbocycles. The molecule has 0 aliphatic rings. The Hall–Kier alpha value is -3.02. The number of benzene rings is 1. The fourth-order valence-electron chi connectivity index (χ4n) is 2.46. The summed E-state index contributed by atoms with van der Waals surface area (Å²) >= 11 is 0. The molecule has 118 valence electrons. The smallest absolute Gasteiger partial charge is 0.373 e. The zero-order valence-electron chi connectivity index (χ0n) is 12.8. The fraction of sp³-hybridized carbons (Fsp3) is 0.176. The van der Waals surface area contributed by atoms with Gasteiger partial charge in [0, 0.05) is 11.1 Å². The van der Waals surface area contributed by atoms with Crippen molar-refractivity contribution in [2.24, 2.45) is 0 Å². The van der Waals surface area contributed by atoms with Gasteiger partial charge < -0.3 is 18.7 Å². The predicted octanol–water partition coefficient (Wildman–Crippen LogP) is 3.16. The summed E-state index contributed by atoms with van der Waals surface area (Å²) in [6, 6.07) is 4.40. The summed E-state index contributed by atoms with van der Waals surface area (Å²) in [5.41, 5.74) is 1.29. The third-order valence-corrected chi connectivity index (χ3v) is 3.76. The molecular weight excluding hydrogens is 300 g/mol. The largest absolute Gasteiger partial charge is 0.508 e. The minimum absolute atomic E-state index is 0.0152. The maximum atomic E-state index is 12.7. The summed E-state index contributed by atoms with van der Waals surface area (Å²) in [5.74, 6) is -0.139. The standard InChI is InChI=1S/C17H14O6/c1-8-13(18)5-4-10-15(19)12(7-22-16(8)10)11-6-14(17(20)21-3)23-9(11)2/h4-7,18H,1-3H3. The maximum absolute atomic E-state index is 12.7. The highest BCUT2D eigenvalue weighted by Gasteiger charge is 2.20. The summed E-state index contributed by atoms with van der Waals surface area (Å²) in [7, 11) is 1.25. The van der Waals surface area contributed by atoms with Crippen molar-refractivity contribution in [3.63, 3.8) is 0 Å². The Morgan fingerprint density at radius 3 is 2.65 bits per heavy atom. The molecule has 0 bridgehead atoms. The Balaban J connectivity index is 2.24. The molecule has 3 rings (SSSR count). The number of aryl methyl sites for hydroxylation is 2. The minimum atomic E-state index is -0.620. The maximum Gasteiger partial charge on any atom is 0.373 e. The molecule has 0 aliphatic heterocycles. The lowest BCUT2D eigenvalue weighted by molar-refractivity contribution is 0.0563. The quantitative estimate of drug-likeness (QED) is 0.731. The summed E-state index contributed by atoms with van der Waals surface area (Å²) in [6.45, 7) is 3.31. The van der Waals surface area contributed by atoms with Crippen molar-refractivity contribution < 1.29 is 23.5 Å². The summed E-state index contributed by atoms with van der Waals surface area (Å²) < 4.78 is 15.5. The number of phenolic OH excluding ortho intramolecular Hbond substituents is 1. The van der Waals surface area contributed by atoms with E-state index in [9.17, 15) is 14.7 Å². The number of fused-ring (bicyclic) bond motifs is 1. The van der Waals surface area contributed by atoms with E-state index in [1.165, 1.54) is 31.6 Å². The number of methoxy groups -OCH3 is 1. The van der Waals surface area contributed by atoms with Crippen molar-refractivity contribution in [3.05, 3.63) is 51.8 Å². The Kier molecular flexibility index (Phi) is 3.44. The van der Waals surface area contributed by atoms with E-state index in [2.05, 4.69) is 4.74 Å². The van der Waals surface area contributed by atoms with Crippen LogP contribution in [0, 0.1) is 13.8 Å². The first-order chi connectivity index (χ1) is 10.9. The Morgan fingerprint density at radius 1 is 1.22 bits per heavy atom. The van der Waals surface area contributed by atoms with Crippen LogP contribution >= 0.6 is 0 Å². The molecule has 3 aromatic rings. The van der Waals surface area contributed by atoms with Gasteiger partial charge in [0.05, 0.1) is 18.1 Å². The third kappa shape index (κ3) is 2.28. The zero-order valence-corrected chi connectivity index (χ0v) is 12.8. The number of aromatic hydroxyl groups is 1. The number of carbonyl (C=O) groups is 1. The monoisotopic (exact) mass is 314 g/mol. The Morgan fingerprint density at radius 2 is 1.96 bits per heavy atom. The van der Waals surface area contributed by atoms with Crippen LogP contribution in [0.2, 0.25) is 0 Å². The number of hydrogen-bond acceptors (Lipinski definition) is 6. The molecule has 0 amide bonds. The van der Waals surface area contributed by atoms with Gasteiger partial charge in [0.2, 0.25) is 11.2 Å². The number of ether oxygens (including phenoxy) is 1. The molecule has 2 aromatic heterocycles. The first-order valence-corrected chi connectivity index (χ1v) is 6.87. The van der Waals surface area contributed by atoms with Gasteiger partial charge in [0.1, 0.15) is 23.4 Å². The molecular formula is C17H14O6. The molecule has 6 nitrogen and oxygen atoms in total. The van der Waals surface area contributed by atoms with Crippen LogP contribution in [0.1, 0.15) is 21.9 Å².